The van der Waals surface area contributed by atoms with Crippen molar-refractivity contribution in [2.45, 2.75) is 19.4 Å². The van der Waals surface area contributed by atoms with Crippen LogP contribution in [0.1, 0.15) is 18.4 Å². The zero-order valence-corrected chi connectivity index (χ0v) is 10.1. The lowest BCUT2D eigenvalue weighted by Gasteiger charge is -2.05. The molecule has 0 spiro atoms. The third-order valence-corrected chi connectivity index (χ3v) is 2.86. The van der Waals surface area contributed by atoms with Crippen LogP contribution in [0, 0.1) is 0 Å². The van der Waals surface area contributed by atoms with Crippen molar-refractivity contribution in [3.63, 3.8) is 0 Å². The van der Waals surface area contributed by atoms with Crippen molar-refractivity contribution in [2.75, 3.05) is 13.1 Å². The van der Waals surface area contributed by atoms with Gasteiger partial charge in [0.15, 0.2) is 0 Å². The number of hydrogen-bond acceptors (Lipinski definition) is 2. The molecule has 0 radical (unpaired) electrons. The van der Waals surface area contributed by atoms with Gasteiger partial charge in [0.1, 0.15) is 0 Å². The molecule has 4 heteroatoms. The highest BCUT2D eigenvalue weighted by Gasteiger charge is 1.98. The van der Waals surface area contributed by atoms with Gasteiger partial charge in [-0.25, -0.2) is 0 Å². The number of benzene rings is 1. The molecule has 0 aliphatic rings. The second kappa shape index (κ2) is 7.07. The van der Waals surface area contributed by atoms with Gasteiger partial charge < -0.3 is 11.1 Å². The van der Waals surface area contributed by atoms with Crippen molar-refractivity contribution in [1.82, 2.24) is 5.32 Å². The van der Waals surface area contributed by atoms with Gasteiger partial charge >= 0.3 is 0 Å². The van der Waals surface area contributed by atoms with Gasteiger partial charge in [0.05, 0.1) is 10.0 Å². The van der Waals surface area contributed by atoms with Crippen LogP contribution in [0.5, 0.6) is 0 Å². The molecule has 1 rings (SSSR count). The van der Waals surface area contributed by atoms with E-state index in [-0.39, 0.29) is 0 Å². The number of nitrogens with one attached hydrogen (secondary N) is 1. The zero-order chi connectivity index (χ0) is 11.1. The lowest BCUT2D eigenvalue weighted by atomic mass is 10.2. The molecule has 84 valence electrons. The normalized spacial score (nSPS) is 10.6. The fourth-order valence-electron chi connectivity index (χ4n) is 1.28. The van der Waals surface area contributed by atoms with E-state index in [1.54, 1.807) is 0 Å². The molecular weight excluding hydrogens is 231 g/mol. The molecule has 2 nitrogen and oxygen atoms in total. The quantitative estimate of drug-likeness (QED) is 0.758. The molecule has 0 atom stereocenters. The van der Waals surface area contributed by atoms with Gasteiger partial charge in [-0.1, -0.05) is 29.3 Å². The highest BCUT2D eigenvalue weighted by atomic mass is 35.5. The van der Waals surface area contributed by atoms with Gasteiger partial charge in [-0.05, 0) is 43.6 Å². The average Bonchev–Trinajstić information content (AvgIpc) is 2.23. The molecule has 0 amide bonds. The van der Waals surface area contributed by atoms with Crippen molar-refractivity contribution in [3.05, 3.63) is 33.8 Å². The Morgan fingerprint density at radius 2 is 1.93 bits per heavy atom. The van der Waals surface area contributed by atoms with Gasteiger partial charge in [-0.2, -0.15) is 0 Å². The van der Waals surface area contributed by atoms with E-state index >= 15 is 0 Å². The van der Waals surface area contributed by atoms with Crippen LogP contribution < -0.4 is 11.1 Å². The van der Waals surface area contributed by atoms with E-state index in [1.807, 2.05) is 18.2 Å². The lowest BCUT2D eigenvalue weighted by molar-refractivity contribution is 0.627. The summed E-state index contributed by atoms with van der Waals surface area (Å²) in [5, 5.41) is 4.54. The van der Waals surface area contributed by atoms with Crippen LogP contribution in [-0.4, -0.2) is 13.1 Å². The first-order valence-electron chi connectivity index (χ1n) is 5.08. The van der Waals surface area contributed by atoms with Gasteiger partial charge in [0.25, 0.3) is 0 Å². The summed E-state index contributed by atoms with van der Waals surface area (Å²) in [6, 6.07) is 5.69. The monoisotopic (exact) mass is 246 g/mol. The predicted octanol–water partition coefficient (Wildman–Crippen LogP) is 2.82. The number of halogens is 2. The van der Waals surface area contributed by atoms with Gasteiger partial charge in [-0.15, -0.1) is 0 Å². The molecule has 0 aliphatic heterocycles. The minimum absolute atomic E-state index is 0.601. The van der Waals surface area contributed by atoms with E-state index < -0.39 is 0 Å². The number of unbranched alkanes of at least 4 members (excludes halogenated alkanes) is 1. The number of hydrogen-bond donors (Lipinski definition) is 2. The molecule has 0 saturated heterocycles. The van der Waals surface area contributed by atoms with Crippen molar-refractivity contribution < 1.29 is 0 Å². The molecule has 0 bridgehead atoms. The molecule has 0 heterocycles. The second-order valence-corrected chi connectivity index (χ2v) is 4.24. The lowest BCUT2D eigenvalue weighted by Crippen LogP contribution is -2.15. The maximum Gasteiger partial charge on any atom is 0.0595 e. The van der Waals surface area contributed by atoms with E-state index in [9.17, 15) is 0 Å². The highest BCUT2D eigenvalue weighted by molar-refractivity contribution is 6.42. The summed E-state index contributed by atoms with van der Waals surface area (Å²) in [7, 11) is 0. The molecule has 0 aliphatic carbocycles. The summed E-state index contributed by atoms with van der Waals surface area (Å²) in [5.74, 6) is 0. The van der Waals surface area contributed by atoms with E-state index in [4.69, 9.17) is 28.9 Å². The molecule has 0 saturated carbocycles. The Morgan fingerprint density at radius 3 is 2.60 bits per heavy atom. The SMILES string of the molecule is NCCCCNCc1ccc(Cl)c(Cl)c1. The summed E-state index contributed by atoms with van der Waals surface area (Å²) in [6.07, 6.45) is 2.17. The van der Waals surface area contributed by atoms with E-state index in [1.165, 1.54) is 0 Å². The van der Waals surface area contributed by atoms with Crippen molar-refractivity contribution in [2.24, 2.45) is 5.73 Å². The summed E-state index contributed by atoms with van der Waals surface area (Å²) in [4.78, 5) is 0. The fraction of sp³-hybridized carbons (Fsp3) is 0.455. The topological polar surface area (TPSA) is 38.0 Å². The standard InChI is InChI=1S/C11H16Cl2N2/c12-10-4-3-9(7-11(10)13)8-15-6-2-1-5-14/h3-4,7,15H,1-2,5-6,8,14H2. The Hall–Kier alpha value is -0.280. The van der Waals surface area contributed by atoms with Crippen LogP contribution in [-0.2, 0) is 6.54 Å². The number of rotatable bonds is 6. The fourth-order valence-corrected chi connectivity index (χ4v) is 1.60. The first kappa shape index (κ1) is 12.8. The van der Waals surface area contributed by atoms with Crippen LogP contribution in [0.25, 0.3) is 0 Å². The van der Waals surface area contributed by atoms with Crippen molar-refractivity contribution in [1.29, 1.82) is 0 Å². The smallest absolute Gasteiger partial charge is 0.0595 e. The highest BCUT2D eigenvalue weighted by Crippen LogP contribution is 2.22. The first-order valence-corrected chi connectivity index (χ1v) is 5.84. The van der Waals surface area contributed by atoms with Gasteiger partial charge in [0, 0.05) is 6.54 Å². The van der Waals surface area contributed by atoms with Gasteiger partial charge in [0.2, 0.25) is 0 Å². The molecule has 15 heavy (non-hydrogen) atoms. The van der Waals surface area contributed by atoms with Crippen LogP contribution in [0.3, 0.4) is 0 Å². The second-order valence-electron chi connectivity index (χ2n) is 3.42. The summed E-state index contributed by atoms with van der Waals surface area (Å²) in [5.41, 5.74) is 6.55. The van der Waals surface area contributed by atoms with Crippen LogP contribution in [0.4, 0.5) is 0 Å². The summed E-state index contributed by atoms with van der Waals surface area (Å²) < 4.78 is 0. The summed E-state index contributed by atoms with van der Waals surface area (Å²) in [6.45, 7) is 2.56. The Balaban J connectivity index is 2.28. The van der Waals surface area contributed by atoms with E-state index in [0.717, 1.165) is 38.0 Å². The van der Waals surface area contributed by atoms with Crippen LogP contribution in [0.15, 0.2) is 18.2 Å². The van der Waals surface area contributed by atoms with Crippen LogP contribution >= 0.6 is 23.2 Å². The molecule has 0 fully saturated rings. The average molecular weight is 247 g/mol. The Kier molecular flexibility index (Phi) is 6.03. The molecule has 0 unspecified atom stereocenters. The predicted molar refractivity (Wildman–Crippen MR) is 66.5 cm³/mol. The summed E-state index contributed by atoms with van der Waals surface area (Å²) >= 11 is 11.7. The van der Waals surface area contributed by atoms with E-state index in [0.29, 0.717) is 10.0 Å². The largest absolute Gasteiger partial charge is 0.330 e. The first-order chi connectivity index (χ1) is 7.24. The Morgan fingerprint density at radius 1 is 1.13 bits per heavy atom. The van der Waals surface area contributed by atoms with Crippen molar-refractivity contribution in [3.8, 4) is 0 Å². The molecule has 3 N–H and O–H groups in total. The number of nitrogens with two attached hydrogens (primary N) is 1. The zero-order valence-electron chi connectivity index (χ0n) is 8.60. The minimum atomic E-state index is 0.601. The maximum absolute atomic E-state index is 5.90. The third-order valence-electron chi connectivity index (χ3n) is 2.12. The van der Waals surface area contributed by atoms with Crippen molar-refractivity contribution >= 4 is 23.2 Å². The van der Waals surface area contributed by atoms with Gasteiger partial charge in [-0.3, -0.25) is 0 Å². The molecule has 0 aromatic heterocycles. The molecule has 1 aromatic rings. The Bertz CT molecular complexity index is 303. The molecule has 1 aromatic carbocycles. The molecular formula is C11H16Cl2N2. The minimum Gasteiger partial charge on any atom is -0.330 e. The third kappa shape index (κ3) is 4.85. The van der Waals surface area contributed by atoms with Crippen LogP contribution in [0.2, 0.25) is 10.0 Å². The Labute approximate surface area is 101 Å². The van der Waals surface area contributed by atoms with E-state index in [2.05, 4.69) is 5.32 Å². The maximum atomic E-state index is 5.90.